The molecule has 0 aromatic heterocycles. The lowest BCUT2D eigenvalue weighted by Gasteiger charge is -2.31. The molecule has 1 aromatic carbocycles. The zero-order chi connectivity index (χ0) is 15.1. The van der Waals surface area contributed by atoms with Gasteiger partial charge in [0, 0.05) is 25.3 Å². The van der Waals surface area contributed by atoms with E-state index in [1.165, 1.54) is 49.9 Å². The first kappa shape index (κ1) is 16.4. The number of rotatable bonds is 7. The van der Waals surface area contributed by atoms with E-state index in [0.29, 0.717) is 6.04 Å². The van der Waals surface area contributed by atoms with Gasteiger partial charge in [-0.2, -0.15) is 0 Å². The van der Waals surface area contributed by atoms with Gasteiger partial charge in [-0.25, -0.2) is 0 Å². The first-order chi connectivity index (χ1) is 10.3. The lowest BCUT2D eigenvalue weighted by atomic mass is 9.88. The molecule has 1 aliphatic rings. The molecule has 1 aliphatic carbocycles. The van der Waals surface area contributed by atoms with Crippen LogP contribution in [0.25, 0.3) is 0 Å². The Morgan fingerprint density at radius 3 is 2.52 bits per heavy atom. The normalized spacial score (nSPS) is 17.7. The van der Waals surface area contributed by atoms with E-state index >= 15 is 0 Å². The highest BCUT2D eigenvalue weighted by atomic mass is 15.1. The van der Waals surface area contributed by atoms with E-state index in [1.807, 2.05) is 0 Å². The van der Waals surface area contributed by atoms with Crippen molar-refractivity contribution in [3.8, 4) is 0 Å². The monoisotopic (exact) mass is 288 g/mol. The largest absolute Gasteiger partial charge is 0.374 e. The van der Waals surface area contributed by atoms with Crippen LogP contribution in [0.2, 0.25) is 0 Å². The van der Waals surface area contributed by atoms with E-state index in [9.17, 15) is 0 Å². The third-order valence-electron chi connectivity index (χ3n) is 4.84. The van der Waals surface area contributed by atoms with Crippen LogP contribution in [0, 0.1) is 5.92 Å². The number of hydrogen-bond acceptors (Lipinski definition) is 2. The zero-order valence-electron chi connectivity index (χ0n) is 14.1. The fourth-order valence-electron chi connectivity index (χ4n) is 3.71. The summed E-state index contributed by atoms with van der Waals surface area (Å²) < 4.78 is 0. The van der Waals surface area contributed by atoms with E-state index in [0.717, 1.165) is 18.9 Å². The third kappa shape index (κ3) is 4.47. The highest BCUT2D eigenvalue weighted by molar-refractivity contribution is 5.54. The molecule has 0 bridgehead atoms. The smallest absolute Gasteiger partial charge is 0.0412 e. The van der Waals surface area contributed by atoms with Gasteiger partial charge in [-0.05, 0) is 43.4 Å². The summed E-state index contributed by atoms with van der Waals surface area (Å²) in [7, 11) is 2.27. The summed E-state index contributed by atoms with van der Waals surface area (Å²) in [5.74, 6) is 0.885. The Balaban J connectivity index is 2.10. The molecule has 1 atom stereocenters. The number of benzene rings is 1. The summed E-state index contributed by atoms with van der Waals surface area (Å²) in [5, 5.41) is 3.62. The standard InChI is InChI=1S/C19H32N2/c1-4-18(20-5-2)17-13-9-10-14-19(17)21(3)15-16-11-7-6-8-12-16/h9-10,13-14,16,18,20H,4-8,11-12,15H2,1-3H3. The average molecular weight is 288 g/mol. The Morgan fingerprint density at radius 1 is 1.14 bits per heavy atom. The van der Waals surface area contributed by atoms with Crippen LogP contribution in [0.3, 0.4) is 0 Å². The SMILES string of the molecule is CCNC(CC)c1ccccc1N(C)CC1CCCCC1. The maximum absolute atomic E-state index is 3.62. The Kier molecular flexibility index (Phi) is 6.56. The van der Waals surface area contributed by atoms with Gasteiger partial charge < -0.3 is 10.2 Å². The van der Waals surface area contributed by atoms with Crippen molar-refractivity contribution in [2.45, 2.75) is 58.4 Å². The highest BCUT2D eigenvalue weighted by Crippen LogP contribution is 2.30. The average Bonchev–Trinajstić information content (AvgIpc) is 2.53. The van der Waals surface area contributed by atoms with Gasteiger partial charge in [-0.3, -0.25) is 0 Å². The van der Waals surface area contributed by atoms with Crippen LogP contribution in [0.5, 0.6) is 0 Å². The van der Waals surface area contributed by atoms with Crippen LogP contribution in [-0.2, 0) is 0 Å². The van der Waals surface area contributed by atoms with Gasteiger partial charge in [0.1, 0.15) is 0 Å². The van der Waals surface area contributed by atoms with E-state index < -0.39 is 0 Å². The second-order valence-electron chi connectivity index (χ2n) is 6.46. The van der Waals surface area contributed by atoms with Crippen molar-refractivity contribution in [1.82, 2.24) is 5.32 Å². The predicted molar refractivity (Wildman–Crippen MR) is 93.0 cm³/mol. The molecule has 1 aromatic rings. The minimum absolute atomic E-state index is 0.472. The predicted octanol–water partition coefficient (Wildman–Crippen LogP) is 4.76. The van der Waals surface area contributed by atoms with Crippen LogP contribution in [0.1, 0.15) is 64.0 Å². The lowest BCUT2D eigenvalue weighted by Crippen LogP contribution is -2.29. The Bertz CT molecular complexity index is 410. The van der Waals surface area contributed by atoms with Crippen LogP contribution in [0.15, 0.2) is 24.3 Å². The van der Waals surface area contributed by atoms with Gasteiger partial charge in [-0.15, -0.1) is 0 Å². The fraction of sp³-hybridized carbons (Fsp3) is 0.684. The molecule has 118 valence electrons. The molecule has 0 heterocycles. The number of nitrogens with one attached hydrogen (secondary N) is 1. The summed E-state index contributed by atoms with van der Waals surface area (Å²) in [5.41, 5.74) is 2.87. The van der Waals surface area contributed by atoms with Gasteiger partial charge >= 0.3 is 0 Å². The summed E-state index contributed by atoms with van der Waals surface area (Å²) in [4.78, 5) is 2.49. The second kappa shape index (κ2) is 8.43. The molecule has 21 heavy (non-hydrogen) atoms. The Morgan fingerprint density at radius 2 is 1.86 bits per heavy atom. The second-order valence-corrected chi connectivity index (χ2v) is 6.46. The quantitative estimate of drug-likeness (QED) is 0.778. The molecule has 2 heteroatoms. The number of anilines is 1. The molecule has 0 amide bonds. The van der Waals surface area contributed by atoms with Crippen LogP contribution < -0.4 is 10.2 Å². The minimum atomic E-state index is 0.472. The topological polar surface area (TPSA) is 15.3 Å². The lowest BCUT2D eigenvalue weighted by molar-refractivity contribution is 0.362. The Hall–Kier alpha value is -1.02. The van der Waals surface area contributed by atoms with Gasteiger partial charge in [0.05, 0.1) is 0 Å². The van der Waals surface area contributed by atoms with Crippen LogP contribution in [0.4, 0.5) is 5.69 Å². The van der Waals surface area contributed by atoms with Gasteiger partial charge in [0.15, 0.2) is 0 Å². The molecule has 2 rings (SSSR count). The maximum atomic E-state index is 3.62. The molecular weight excluding hydrogens is 256 g/mol. The molecule has 1 N–H and O–H groups in total. The third-order valence-corrected chi connectivity index (χ3v) is 4.84. The molecule has 0 saturated heterocycles. The molecule has 1 saturated carbocycles. The van der Waals surface area contributed by atoms with Crippen LogP contribution >= 0.6 is 0 Å². The first-order valence-electron chi connectivity index (χ1n) is 8.79. The molecule has 2 nitrogen and oxygen atoms in total. The van der Waals surface area contributed by atoms with Gasteiger partial charge in [-0.1, -0.05) is 51.3 Å². The highest BCUT2D eigenvalue weighted by Gasteiger charge is 2.19. The van der Waals surface area contributed by atoms with Gasteiger partial charge in [0.2, 0.25) is 0 Å². The van der Waals surface area contributed by atoms with E-state index in [4.69, 9.17) is 0 Å². The van der Waals surface area contributed by atoms with Crippen molar-refractivity contribution in [1.29, 1.82) is 0 Å². The molecule has 0 aliphatic heterocycles. The molecular formula is C19H32N2. The van der Waals surface area contributed by atoms with E-state index in [-0.39, 0.29) is 0 Å². The number of para-hydroxylation sites is 1. The van der Waals surface area contributed by atoms with Crippen molar-refractivity contribution in [2.75, 3.05) is 25.0 Å². The van der Waals surface area contributed by atoms with Crippen molar-refractivity contribution in [3.05, 3.63) is 29.8 Å². The Labute approximate surface area is 130 Å². The van der Waals surface area contributed by atoms with Gasteiger partial charge in [0.25, 0.3) is 0 Å². The van der Waals surface area contributed by atoms with E-state index in [2.05, 4.69) is 55.4 Å². The summed E-state index contributed by atoms with van der Waals surface area (Å²) in [6.45, 7) is 6.70. The van der Waals surface area contributed by atoms with Crippen molar-refractivity contribution < 1.29 is 0 Å². The van der Waals surface area contributed by atoms with E-state index in [1.54, 1.807) is 0 Å². The molecule has 1 unspecified atom stereocenters. The van der Waals surface area contributed by atoms with Crippen LogP contribution in [-0.4, -0.2) is 20.1 Å². The number of hydrogen-bond donors (Lipinski definition) is 1. The number of nitrogens with zero attached hydrogens (tertiary/aromatic N) is 1. The molecule has 0 spiro atoms. The van der Waals surface area contributed by atoms with Crippen molar-refractivity contribution >= 4 is 5.69 Å². The minimum Gasteiger partial charge on any atom is -0.374 e. The first-order valence-corrected chi connectivity index (χ1v) is 8.79. The van der Waals surface area contributed by atoms with Crippen molar-refractivity contribution in [3.63, 3.8) is 0 Å². The zero-order valence-corrected chi connectivity index (χ0v) is 14.1. The maximum Gasteiger partial charge on any atom is 0.0412 e. The molecule has 0 radical (unpaired) electrons. The summed E-state index contributed by atoms with van der Waals surface area (Å²) in [6.07, 6.45) is 8.26. The summed E-state index contributed by atoms with van der Waals surface area (Å²) >= 11 is 0. The molecule has 1 fully saturated rings. The summed E-state index contributed by atoms with van der Waals surface area (Å²) in [6, 6.07) is 9.41. The van der Waals surface area contributed by atoms with Crippen molar-refractivity contribution in [2.24, 2.45) is 5.92 Å². The fourth-order valence-corrected chi connectivity index (χ4v) is 3.71.